The summed E-state index contributed by atoms with van der Waals surface area (Å²) in [6.45, 7) is 2.89. The number of hydrogen-bond donors (Lipinski definition) is 1. The van der Waals surface area contributed by atoms with E-state index in [2.05, 4.69) is 23.7 Å². The van der Waals surface area contributed by atoms with Crippen LogP contribution in [0.1, 0.15) is 27.6 Å². The molecule has 2 aromatic rings. The zero-order valence-electron chi connectivity index (χ0n) is 11.0. The highest BCUT2D eigenvalue weighted by atomic mass is 35.5. The van der Waals surface area contributed by atoms with Gasteiger partial charge in [-0.2, -0.15) is 0 Å². The quantitative estimate of drug-likeness (QED) is 0.925. The lowest BCUT2D eigenvalue weighted by molar-refractivity contribution is 0.351. The summed E-state index contributed by atoms with van der Waals surface area (Å²) in [5.41, 5.74) is 3.67. The fourth-order valence-electron chi connectivity index (χ4n) is 2.62. The van der Waals surface area contributed by atoms with Crippen molar-refractivity contribution in [3.8, 4) is 5.75 Å². The summed E-state index contributed by atoms with van der Waals surface area (Å²) < 4.78 is 5.81. The van der Waals surface area contributed by atoms with Crippen molar-refractivity contribution in [1.29, 1.82) is 0 Å². The Kier molecular flexibility index (Phi) is 3.52. The first-order chi connectivity index (χ1) is 9.20. The van der Waals surface area contributed by atoms with Crippen LogP contribution in [0.5, 0.6) is 5.75 Å². The normalized spacial score (nSPS) is 15.1. The number of nitrogens with one attached hydrogen (secondary N) is 1. The van der Waals surface area contributed by atoms with Gasteiger partial charge in [0, 0.05) is 21.9 Å². The molecule has 0 spiro atoms. The second-order valence-electron chi connectivity index (χ2n) is 4.77. The van der Waals surface area contributed by atoms with Crippen LogP contribution in [-0.2, 0) is 6.42 Å². The first-order valence-corrected chi connectivity index (χ1v) is 7.63. The van der Waals surface area contributed by atoms with E-state index in [4.69, 9.17) is 16.3 Å². The highest BCUT2D eigenvalue weighted by molar-refractivity contribution is 7.10. The lowest BCUT2D eigenvalue weighted by Crippen LogP contribution is -2.18. The summed E-state index contributed by atoms with van der Waals surface area (Å²) in [6.07, 6.45) is 0.947. The van der Waals surface area contributed by atoms with Crippen LogP contribution in [0, 0.1) is 6.92 Å². The molecule has 100 valence electrons. The number of fused-ring (bicyclic) bond motifs is 1. The minimum Gasteiger partial charge on any atom is -0.493 e. The molecule has 19 heavy (non-hydrogen) atoms. The van der Waals surface area contributed by atoms with Gasteiger partial charge >= 0.3 is 0 Å². The van der Waals surface area contributed by atoms with E-state index >= 15 is 0 Å². The van der Waals surface area contributed by atoms with Crippen molar-refractivity contribution in [2.75, 3.05) is 13.7 Å². The summed E-state index contributed by atoms with van der Waals surface area (Å²) in [5, 5.41) is 6.30. The van der Waals surface area contributed by atoms with E-state index in [0.29, 0.717) is 0 Å². The van der Waals surface area contributed by atoms with Gasteiger partial charge in [-0.3, -0.25) is 0 Å². The van der Waals surface area contributed by atoms with Crippen LogP contribution in [0.4, 0.5) is 0 Å². The standard InChI is InChI=1S/C15H16ClNOS/c1-9-4-6-19-15(9)13(17-2)12-8-11(16)7-10-3-5-18-14(10)12/h4,6-8,13,17H,3,5H2,1-2H3. The SMILES string of the molecule is CNC(c1cc(Cl)cc2c1OCC2)c1sccc1C. The summed E-state index contributed by atoms with van der Waals surface area (Å²) in [6, 6.07) is 6.33. The molecule has 0 bridgehead atoms. The Labute approximate surface area is 122 Å². The van der Waals surface area contributed by atoms with Gasteiger partial charge in [0.2, 0.25) is 0 Å². The van der Waals surface area contributed by atoms with E-state index in [1.165, 1.54) is 16.0 Å². The van der Waals surface area contributed by atoms with Crippen molar-refractivity contribution >= 4 is 22.9 Å². The van der Waals surface area contributed by atoms with Gasteiger partial charge in [-0.25, -0.2) is 0 Å². The molecule has 1 aromatic carbocycles. The van der Waals surface area contributed by atoms with Gasteiger partial charge in [0.1, 0.15) is 5.75 Å². The highest BCUT2D eigenvalue weighted by Crippen LogP contribution is 2.40. The maximum absolute atomic E-state index is 6.25. The zero-order valence-corrected chi connectivity index (χ0v) is 12.6. The lowest BCUT2D eigenvalue weighted by atomic mass is 9.99. The molecule has 0 aliphatic carbocycles. The molecule has 1 unspecified atom stereocenters. The molecule has 2 nitrogen and oxygen atoms in total. The second-order valence-corrected chi connectivity index (χ2v) is 6.16. The average molecular weight is 294 g/mol. The van der Waals surface area contributed by atoms with Gasteiger partial charge in [-0.1, -0.05) is 11.6 Å². The summed E-state index contributed by atoms with van der Waals surface area (Å²) in [7, 11) is 1.98. The second kappa shape index (κ2) is 5.16. The van der Waals surface area contributed by atoms with Gasteiger partial charge in [0.25, 0.3) is 0 Å². The Balaban J connectivity index is 2.12. The van der Waals surface area contributed by atoms with Crippen LogP contribution < -0.4 is 10.1 Å². The van der Waals surface area contributed by atoms with Gasteiger partial charge in [0.15, 0.2) is 0 Å². The predicted octanol–water partition coefficient (Wildman–Crippen LogP) is 3.95. The molecule has 1 aliphatic rings. The number of benzene rings is 1. The highest BCUT2D eigenvalue weighted by Gasteiger charge is 2.25. The maximum atomic E-state index is 6.25. The van der Waals surface area contributed by atoms with Crippen molar-refractivity contribution < 1.29 is 4.74 Å². The summed E-state index contributed by atoms with van der Waals surface area (Å²) >= 11 is 8.02. The Bertz CT molecular complexity index is 608. The molecule has 1 N–H and O–H groups in total. The number of ether oxygens (including phenoxy) is 1. The third-order valence-corrected chi connectivity index (χ3v) is 4.84. The van der Waals surface area contributed by atoms with Crippen molar-refractivity contribution in [3.05, 3.63) is 50.2 Å². The number of rotatable bonds is 3. The van der Waals surface area contributed by atoms with Gasteiger partial charge in [-0.15, -0.1) is 11.3 Å². The smallest absolute Gasteiger partial charge is 0.127 e. The van der Waals surface area contributed by atoms with E-state index in [1.807, 2.05) is 19.2 Å². The van der Waals surface area contributed by atoms with Crippen LogP contribution in [0.15, 0.2) is 23.6 Å². The molecule has 1 aliphatic heterocycles. The van der Waals surface area contributed by atoms with Crippen molar-refractivity contribution in [1.82, 2.24) is 5.32 Å². The molecule has 2 heterocycles. The Morgan fingerprint density at radius 1 is 1.42 bits per heavy atom. The number of halogens is 1. The van der Waals surface area contributed by atoms with Crippen LogP contribution in [0.3, 0.4) is 0 Å². The third-order valence-electron chi connectivity index (χ3n) is 3.54. The van der Waals surface area contributed by atoms with E-state index < -0.39 is 0 Å². The van der Waals surface area contributed by atoms with Crippen LogP contribution in [0.2, 0.25) is 5.02 Å². The fraction of sp³-hybridized carbons (Fsp3) is 0.333. The Hall–Kier alpha value is -1.03. The fourth-order valence-corrected chi connectivity index (χ4v) is 3.92. The van der Waals surface area contributed by atoms with E-state index in [0.717, 1.165) is 29.4 Å². The van der Waals surface area contributed by atoms with E-state index in [-0.39, 0.29) is 6.04 Å². The molecule has 0 radical (unpaired) electrons. The monoisotopic (exact) mass is 293 g/mol. The van der Waals surface area contributed by atoms with Gasteiger partial charge < -0.3 is 10.1 Å². The molecule has 0 amide bonds. The Morgan fingerprint density at radius 3 is 2.95 bits per heavy atom. The van der Waals surface area contributed by atoms with Crippen LogP contribution in [0.25, 0.3) is 0 Å². The van der Waals surface area contributed by atoms with E-state index in [1.54, 1.807) is 11.3 Å². The van der Waals surface area contributed by atoms with Gasteiger partial charge in [-0.05, 0) is 48.7 Å². The number of thiophene rings is 1. The molecule has 0 fully saturated rings. The van der Waals surface area contributed by atoms with Crippen molar-refractivity contribution in [2.45, 2.75) is 19.4 Å². The lowest BCUT2D eigenvalue weighted by Gasteiger charge is -2.19. The molecule has 3 rings (SSSR count). The molecular weight excluding hydrogens is 278 g/mol. The molecular formula is C15H16ClNOS. The van der Waals surface area contributed by atoms with Crippen LogP contribution in [-0.4, -0.2) is 13.7 Å². The minimum absolute atomic E-state index is 0.144. The van der Waals surface area contributed by atoms with E-state index in [9.17, 15) is 0 Å². The molecule has 0 saturated carbocycles. The largest absolute Gasteiger partial charge is 0.493 e. The van der Waals surface area contributed by atoms with Crippen molar-refractivity contribution in [2.24, 2.45) is 0 Å². The average Bonchev–Trinajstić information content (AvgIpc) is 2.99. The third kappa shape index (κ3) is 2.27. The predicted molar refractivity (Wildman–Crippen MR) is 80.6 cm³/mol. The zero-order chi connectivity index (χ0) is 13.4. The maximum Gasteiger partial charge on any atom is 0.127 e. The molecule has 1 aromatic heterocycles. The minimum atomic E-state index is 0.144. The van der Waals surface area contributed by atoms with Crippen molar-refractivity contribution in [3.63, 3.8) is 0 Å². The topological polar surface area (TPSA) is 21.3 Å². The first-order valence-electron chi connectivity index (χ1n) is 6.37. The molecule has 4 heteroatoms. The molecule has 0 saturated heterocycles. The summed E-state index contributed by atoms with van der Waals surface area (Å²) in [4.78, 5) is 1.32. The van der Waals surface area contributed by atoms with Gasteiger partial charge in [0.05, 0.1) is 12.6 Å². The van der Waals surface area contributed by atoms with Crippen LogP contribution >= 0.6 is 22.9 Å². The first kappa shape index (κ1) is 13.0. The Morgan fingerprint density at radius 2 is 2.26 bits per heavy atom. The summed E-state index contributed by atoms with van der Waals surface area (Å²) in [5.74, 6) is 1.01. The number of hydrogen-bond acceptors (Lipinski definition) is 3. The number of aryl methyl sites for hydroxylation is 1. The molecule has 1 atom stereocenters.